The molecule has 2 aromatic carbocycles. The Balaban J connectivity index is 1.87. The summed E-state index contributed by atoms with van der Waals surface area (Å²) in [7, 11) is 0. The van der Waals surface area contributed by atoms with Crippen LogP contribution in [-0.2, 0) is 9.59 Å². The number of hydrogen-bond acceptors (Lipinski definition) is 3. The van der Waals surface area contributed by atoms with Crippen LogP contribution in [-0.4, -0.2) is 34.9 Å². The molecular weight excluding hydrogens is 320 g/mol. The highest BCUT2D eigenvalue weighted by molar-refractivity contribution is 8.00. The molecule has 1 aliphatic heterocycles. The summed E-state index contributed by atoms with van der Waals surface area (Å²) in [6.45, 7) is 2.14. The number of anilines is 1. The van der Waals surface area contributed by atoms with E-state index >= 15 is 0 Å². The summed E-state index contributed by atoms with van der Waals surface area (Å²) in [5.74, 6) is 1.03. The molecule has 24 heavy (non-hydrogen) atoms. The first-order valence-corrected chi connectivity index (χ1v) is 9.10. The lowest BCUT2D eigenvalue weighted by molar-refractivity contribution is -0.131. The fraction of sp³-hybridized carbons (Fsp3) is 0.263. The van der Waals surface area contributed by atoms with Crippen molar-refractivity contribution in [1.82, 2.24) is 4.90 Å². The Morgan fingerprint density at radius 3 is 2.33 bits per heavy atom. The van der Waals surface area contributed by atoms with Crippen LogP contribution in [0.4, 0.5) is 5.69 Å². The number of hydrogen-bond donors (Lipinski definition) is 0. The molecular formula is C19H20N2O2S. The summed E-state index contributed by atoms with van der Waals surface area (Å²) in [6.07, 6.45) is 0. The van der Waals surface area contributed by atoms with Gasteiger partial charge >= 0.3 is 0 Å². The topological polar surface area (TPSA) is 40.6 Å². The fourth-order valence-electron chi connectivity index (χ4n) is 2.83. The second-order valence-corrected chi connectivity index (χ2v) is 6.71. The Bertz CT molecular complexity index is 706. The van der Waals surface area contributed by atoms with Crippen LogP contribution < -0.4 is 4.90 Å². The van der Waals surface area contributed by atoms with Crippen LogP contribution >= 0.6 is 11.8 Å². The first-order chi connectivity index (χ1) is 11.7. The number of thioether (sulfide) groups is 1. The zero-order valence-corrected chi connectivity index (χ0v) is 14.4. The van der Waals surface area contributed by atoms with Gasteiger partial charge in [-0.3, -0.25) is 9.59 Å². The van der Waals surface area contributed by atoms with Crippen molar-refractivity contribution in [2.75, 3.05) is 23.1 Å². The maximum Gasteiger partial charge on any atom is 0.247 e. The lowest BCUT2D eigenvalue weighted by Crippen LogP contribution is -2.42. The third-order valence-corrected chi connectivity index (χ3v) is 5.07. The molecule has 0 saturated carbocycles. The van der Waals surface area contributed by atoms with E-state index in [1.807, 2.05) is 67.6 Å². The van der Waals surface area contributed by atoms with Gasteiger partial charge < -0.3 is 9.80 Å². The molecule has 1 saturated heterocycles. The van der Waals surface area contributed by atoms with Crippen molar-refractivity contribution < 1.29 is 9.59 Å². The summed E-state index contributed by atoms with van der Waals surface area (Å²) in [4.78, 5) is 28.2. The fourth-order valence-corrected chi connectivity index (χ4v) is 3.74. The molecule has 2 aromatic rings. The summed E-state index contributed by atoms with van der Waals surface area (Å²) >= 11 is 1.55. The zero-order chi connectivity index (χ0) is 16.9. The maximum absolute atomic E-state index is 13.0. The number of carbonyl (C=O) groups is 2. The average Bonchev–Trinajstić information content (AvgIpc) is 3.01. The van der Waals surface area contributed by atoms with Gasteiger partial charge in [-0.15, -0.1) is 11.8 Å². The Labute approximate surface area is 146 Å². The minimum Gasteiger partial charge on any atom is -0.323 e. The smallest absolute Gasteiger partial charge is 0.247 e. The van der Waals surface area contributed by atoms with Gasteiger partial charge in [0, 0.05) is 5.69 Å². The van der Waals surface area contributed by atoms with Crippen molar-refractivity contribution in [3.8, 4) is 0 Å². The van der Waals surface area contributed by atoms with Crippen LogP contribution in [0, 0.1) is 0 Å². The van der Waals surface area contributed by atoms with Crippen LogP contribution in [0.3, 0.4) is 0 Å². The SMILES string of the molecule is CC(c1ccccc1)N(C(=O)CN1CSCC1=O)c1ccccc1. The summed E-state index contributed by atoms with van der Waals surface area (Å²) in [6, 6.07) is 19.5. The lowest BCUT2D eigenvalue weighted by Gasteiger charge is -2.31. The van der Waals surface area contributed by atoms with Crippen molar-refractivity contribution in [1.29, 1.82) is 0 Å². The standard InChI is InChI=1S/C19H20N2O2S/c1-15(16-8-4-2-5-9-16)21(17-10-6-3-7-11-17)18(22)12-20-14-24-13-19(20)23/h2-11,15H,12-14H2,1H3. The Hall–Kier alpha value is -2.27. The molecule has 1 unspecified atom stereocenters. The van der Waals surface area contributed by atoms with E-state index in [1.165, 1.54) is 0 Å². The monoisotopic (exact) mass is 340 g/mol. The van der Waals surface area contributed by atoms with Crippen LogP contribution in [0.5, 0.6) is 0 Å². The molecule has 1 fully saturated rings. The third kappa shape index (κ3) is 3.62. The third-order valence-electron chi connectivity index (χ3n) is 4.12. The Kier molecular flexibility index (Phi) is 5.20. The quantitative estimate of drug-likeness (QED) is 0.838. The van der Waals surface area contributed by atoms with Crippen LogP contribution in [0.15, 0.2) is 60.7 Å². The van der Waals surface area contributed by atoms with E-state index < -0.39 is 0 Å². The van der Waals surface area contributed by atoms with Crippen molar-refractivity contribution in [2.24, 2.45) is 0 Å². The van der Waals surface area contributed by atoms with E-state index in [0.717, 1.165) is 11.3 Å². The van der Waals surface area contributed by atoms with Gasteiger partial charge in [-0.05, 0) is 24.6 Å². The van der Waals surface area contributed by atoms with Crippen LogP contribution in [0.25, 0.3) is 0 Å². The molecule has 5 heteroatoms. The van der Waals surface area contributed by atoms with Gasteiger partial charge in [-0.1, -0.05) is 48.5 Å². The van der Waals surface area contributed by atoms with Crippen molar-refractivity contribution in [3.63, 3.8) is 0 Å². The van der Waals surface area contributed by atoms with Crippen molar-refractivity contribution >= 4 is 29.3 Å². The largest absolute Gasteiger partial charge is 0.323 e. The van der Waals surface area contributed by atoms with Gasteiger partial charge in [-0.25, -0.2) is 0 Å². The molecule has 0 radical (unpaired) electrons. The Morgan fingerprint density at radius 1 is 1.12 bits per heavy atom. The van der Waals surface area contributed by atoms with Crippen LogP contribution in [0.2, 0.25) is 0 Å². The number of rotatable bonds is 5. The molecule has 1 aliphatic rings. The minimum absolute atomic E-state index is 0.0359. The van der Waals surface area contributed by atoms with E-state index in [-0.39, 0.29) is 24.4 Å². The first-order valence-electron chi connectivity index (χ1n) is 7.94. The van der Waals surface area contributed by atoms with Gasteiger partial charge in [-0.2, -0.15) is 0 Å². The minimum atomic E-state index is -0.105. The van der Waals surface area contributed by atoms with Gasteiger partial charge in [0.05, 0.1) is 17.7 Å². The number of nitrogens with zero attached hydrogens (tertiary/aromatic N) is 2. The molecule has 1 heterocycles. The van der Waals surface area contributed by atoms with Crippen LogP contribution in [0.1, 0.15) is 18.5 Å². The molecule has 1 atom stereocenters. The van der Waals surface area contributed by atoms with Gasteiger partial charge in [0.1, 0.15) is 6.54 Å². The second kappa shape index (κ2) is 7.53. The number of amides is 2. The predicted molar refractivity (Wildman–Crippen MR) is 97.8 cm³/mol. The second-order valence-electron chi connectivity index (χ2n) is 5.76. The molecule has 0 bridgehead atoms. The maximum atomic E-state index is 13.0. The summed E-state index contributed by atoms with van der Waals surface area (Å²) in [5, 5.41) is 0. The van der Waals surface area contributed by atoms with Crippen molar-refractivity contribution in [3.05, 3.63) is 66.2 Å². The molecule has 0 N–H and O–H groups in total. The molecule has 124 valence electrons. The van der Waals surface area contributed by atoms with Gasteiger partial charge in [0.15, 0.2) is 0 Å². The molecule has 0 spiro atoms. The molecule has 3 rings (SSSR count). The molecule has 0 aromatic heterocycles. The van der Waals surface area contributed by atoms with Gasteiger partial charge in [0.2, 0.25) is 11.8 Å². The Morgan fingerprint density at radius 2 is 1.75 bits per heavy atom. The zero-order valence-electron chi connectivity index (χ0n) is 13.6. The lowest BCUT2D eigenvalue weighted by atomic mass is 10.1. The van der Waals surface area contributed by atoms with E-state index in [9.17, 15) is 9.59 Å². The summed E-state index contributed by atoms with van der Waals surface area (Å²) < 4.78 is 0. The number of carbonyl (C=O) groups excluding carboxylic acids is 2. The normalized spacial score (nSPS) is 15.4. The predicted octanol–water partition coefficient (Wildman–Crippen LogP) is 3.31. The number of benzene rings is 2. The van der Waals surface area contributed by atoms with E-state index in [4.69, 9.17) is 0 Å². The molecule has 4 nitrogen and oxygen atoms in total. The average molecular weight is 340 g/mol. The van der Waals surface area contributed by atoms with E-state index in [1.54, 1.807) is 21.6 Å². The first kappa shape index (κ1) is 16.6. The highest BCUT2D eigenvalue weighted by Crippen LogP contribution is 2.27. The van der Waals surface area contributed by atoms with Gasteiger partial charge in [0.25, 0.3) is 0 Å². The van der Waals surface area contributed by atoms with E-state index in [2.05, 4.69) is 0 Å². The highest BCUT2D eigenvalue weighted by Gasteiger charge is 2.28. The molecule has 2 amide bonds. The van der Waals surface area contributed by atoms with E-state index in [0.29, 0.717) is 11.6 Å². The number of para-hydroxylation sites is 1. The summed E-state index contributed by atoms with van der Waals surface area (Å²) in [5.41, 5.74) is 1.91. The van der Waals surface area contributed by atoms with Crippen molar-refractivity contribution in [2.45, 2.75) is 13.0 Å². The highest BCUT2D eigenvalue weighted by atomic mass is 32.2. The molecule has 0 aliphatic carbocycles.